The highest BCUT2D eigenvalue weighted by molar-refractivity contribution is 5.77. The van der Waals surface area contributed by atoms with Gasteiger partial charge in [-0.3, -0.25) is 9.78 Å². The Morgan fingerprint density at radius 2 is 2.50 bits per heavy atom. The Bertz CT molecular complexity index is 510. The number of hydrogen-bond acceptors (Lipinski definition) is 5. The minimum absolute atomic E-state index is 0.0357. The van der Waals surface area contributed by atoms with Crippen LogP contribution in [0.1, 0.15) is 12.8 Å². The average Bonchev–Trinajstić information content (AvgIpc) is 2.97. The Morgan fingerprint density at radius 1 is 1.59 bits per heavy atom. The Hall–Kier alpha value is -1.66. The van der Waals surface area contributed by atoms with E-state index in [1.807, 2.05) is 17.0 Å². The van der Waals surface area contributed by atoms with E-state index >= 15 is 0 Å². The summed E-state index contributed by atoms with van der Waals surface area (Å²) in [6.45, 7) is 2.79. The number of fused-ring (bicyclic) bond motifs is 1. The van der Waals surface area contributed by atoms with Crippen molar-refractivity contribution in [2.45, 2.75) is 18.9 Å². The molecule has 2 fully saturated rings. The fourth-order valence-corrected chi connectivity index (χ4v) is 3.34. The molecule has 0 spiro atoms. The van der Waals surface area contributed by atoms with Crippen LogP contribution in [-0.4, -0.2) is 61.9 Å². The smallest absolute Gasteiger partial charge is 0.248 e. The molecule has 2 atom stereocenters. The van der Waals surface area contributed by atoms with E-state index in [-0.39, 0.29) is 24.0 Å². The van der Waals surface area contributed by atoms with E-state index in [9.17, 15) is 4.79 Å². The summed E-state index contributed by atoms with van der Waals surface area (Å²) in [5.74, 6) is 0.788. The molecule has 0 aliphatic carbocycles. The fraction of sp³-hybridized carbons (Fsp3) is 0.625. The van der Waals surface area contributed by atoms with Crippen LogP contribution in [0.2, 0.25) is 0 Å². The van der Waals surface area contributed by atoms with Crippen LogP contribution in [0.3, 0.4) is 0 Å². The molecule has 0 saturated carbocycles. The summed E-state index contributed by atoms with van der Waals surface area (Å²) in [6, 6.07) is 3.75. The molecule has 0 bridgehead atoms. The second-order valence-corrected chi connectivity index (χ2v) is 5.99. The third kappa shape index (κ3) is 3.08. The highest BCUT2D eigenvalue weighted by Gasteiger charge is 2.49. The number of carbonyl (C=O) groups excluding carboxylic acids is 1. The Kier molecular flexibility index (Phi) is 4.59. The molecule has 2 aliphatic rings. The van der Waals surface area contributed by atoms with E-state index in [4.69, 9.17) is 14.2 Å². The van der Waals surface area contributed by atoms with Gasteiger partial charge < -0.3 is 19.1 Å². The van der Waals surface area contributed by atoms with Gasteiger partial charge in [0.1, 0.15) is 12.4 Å². The molecule has 22 heavy (non-hydrogen) atoms. The van der Waals surface area contributed by atoms with E-state index in [2.05, 4.69) is 4.98 Å². The van der Waals surface area contributed by atoms with Crippen molar-refractivity contribution in [3.63, 3.8) is 0 Å². The van der Waals surface area contributed by atoms with Crippen molar-refractivity contribution in [2.24, 2.45) is 5.41 Å². The lowest BCUT2D eigenvalue weighted by molar-refractivity contribution is -0.142. The third-order valence-electron chi connectivity index (χ3n) is 4.55. The van der Waals surface area contributed by atoms with Gasteiger partial charge in [-0.2, -0.15) is 0 Å². The van der Waals surface area contributed by atoms with Crippen molar-refractivity contribution < 1.29 is 19.0 Å². The molecule has 1 aromatic rings. The fourth-order valence-electron chi connectivity index (χ4n) is 3.34. The Balaban J connectivity index is 1.68. The monoisotopic (exact) mass is 306 g/mol. The van der Waals surface area contributed by atoms with Crippen molar-refractivity contribution >= 4 is 5.91 Å². The van der Waals surface area contributed by atoms with Crippen LogP contribution in [0.15, 0.2) is 24.5 Å². The molecule has 0 N–H and O–H groups in total. The van der Waals surface area contributed by atoms with Gasteiger partial charge in [0.2, 0.25) is 5.91 Å². The minimum Gasteiger partial charge on any atom is -0.491 e. The van der Waals surface area contributed by atoms with Crippen LogP contribution in [0.4, 0.5) is 0 Å². The first kappa shape index (κ1) is 15.2. The van der Waals surface area contributed by atoms with Gasteiger partial charge in [-0.05, 0) is 25.0 Å². The lowest BCUT2D eigenvalue weighted by Crippen LogP contribution is -2.54. The first-order valence-electron chi connectivity index (χ1n) is 7.65. The van der Waals surface area contributed by atoms with Crippen molar-refractivity contribution in [3.8, 4) is 5.75 Å². The number of rotatable bonds is 5. The highest BCUT2D eigenvalue weighted by atomic mass is 16.5. The molecule has 3 heterocycles. The predicted molar refractivity (Wildman–Crippen MR) is 79.6 cm³/mol. The molecule has 2 saturated heterocycles. The van der Waals surface area contributed by atoms with Gasteiger partial charge in [0.15, 0.2) is 0 Å². The number of ether oxygens (including phenoxy) is 3. The topological polar surface area (TPSA) is 60.9 Å². The molecule has 0 aromatic carbocycles. The normalized spacial score (nSPS) is 27.5. The zero-order chi connectivity index (χ0) is 15.4. The number of methoxy groups -OCH3 is 1. The molecule has 3 rings (SSSR count). The van der Waals surface area contributed by atoms with Crippen LogP contribution in [-0.2, 0) is 14.3 Å². The number of carbonyl (C=O) groups is 1. The molecule has 120 valence electrons. The number of amides is 1. The Morgan fingerprint density at radius 3 is 3.27 bits per heavy atom. The van der Waals surface area contributed by atoms with Crippen LogP contribution < -0.4 is 4.74 Å². The molecular formula is C16H22N2O4. The SMILES string of the molecule is COCC(=O)N1CC[C@H]2OCC[C@@]2(COc2cccnc2)C1. The second-order valence-electron chi connectivity index (χ2n) is 5.99. The Labute approximate surface area is 130 Å². The van der Waals surface area contributed by atoms with Gasteiger partial charge in [0.05, 0.1) is 24.3 Å². The van der Waals surface area contributed by atoms with E-state index < -0.39 is 0 Å². The lowest BCUT2D eigenvalue weighted by atomic mass is 9.77. The minimum atomic E-state index is -0.127. The molecule has 6 nitrogen and oxygen atoms in total. The summed E-state index contributed by atoms with van der Waals surface area (Å²) >= 11 is 0. The maximum atomic E-state index is 12.1. The molecular weight excluding hydrogens is 284 g/mol. The highest BCUT2D eigenvalue weighted by Crippen LogP contribution is 2.41. The van der Waals surface area contributed by atoms with Crippen molar-refractivity contribution in [1.82, 2.24) is 9.88 Å². The van der Waals surface area contributed by atoms with Crippen molar-refractivity contribution in [2.75, 3.05) is 40.0 Å². The summed E-state index contributed by atoms with van der Waals surface area (Å²) in [5.41, 5.74) is -0.127. The van der Waals surface area contributed by atoms with E-state index in [1.165, 1.54) is 0 Å². The first-order chi connectivity index (χ1) is 10.7. The third-order valence-corrected chi connectivity index (χ3v) is 4.55. The molecule has 2 aliphatic heterocycles. The van der Waals surface area contributed by atoms with Crippen LogP contribution in [0.25, 0.3) is 0 Å². The zero-order valence-corrected chi connectivity index (χ0v) is 12.9. The molecule has 1 amide bonds. The van der Waals surface area contributed by atoms with Crippen LogP contribution in [0, 0.1) is 5.41 Å². The lowest BCUT2D eigenvalue weighted by Gasteiger charge is -2.43. The number of nitrogens with zero attached hydrogens (tertiary/aromatic N) is 2. The average molecular weight is 306 g/mol. The summed E-state index contributed by atoms with van der Waals surface area (Å²) in [6.07, 6.45) is 5.35. The number of pyridine rings is 1. The zero-order valence-electron chi connectivity index (χ0n) is 12.9. The maximum absolute atomic E-state index is 12.1. The van der Waals surface area contributed by atoms with E-state index in [1.54, 1.807) is 19.5 Å². The maximum Gasteiger partial charge on any atom is 0.248 e. The standard InChI is InChI=1S/C16H22N2O4/c1-20-10-15(19)18-7-4-14-16(11-18,5-8-21-14)12-22-13-3-2-6-17-9-13/h2-3,6,9,14H,4-5,7-8,10-12H2,1H3/t14-,16+/m1/s1. The van der Waals surface area contributed by atoms with Gasteiger partial charge in [-0.15, -0.1) is 0 Å². The molecule has 1 aromatic heterocycles. The summed E-state index contributed by atoms with van der Waals surface area (Å²) in [5, 5.41) is 0. The van der Waals surface area contributed by atoms with Gasteiger partial charge >= 0.3 is 0 Å². The van der Waals surface area contributed by atoms with Gasteiger partial charge in [-0.25, -0.2) is 0 Å². The van der Waals surface area contributed by atoms with Crippen molar-refractivity contribution in [1.29, 1.82) is 0 Å². The van der Waals surface area contributed by atoms with Crippen molar-refractivity contribution in [3.05, 3.63) is 24.5 Å². The van der Waals surface area contributed by atoms with Gasteiger partial charge in [0.25, 0.3) is 0 Å². The van der Waals surface area contributed by atoms with Crippen LogP contribution >= 0.6 is 0 Å². The molecule has 6 heteroatoms. The summed E-state index contributed by atoms with van der Waals surface area (Å²) < 4.78 is 16.8. The number of likely N-dealkylation sites (tertiary alicyclic amines) is 1. The van der Waals surface area contributed by atoms with E-state index in [0.717, 1.165) is 31.7 Å². The van der Waals surface area contributed by atoms with Crippen LogP contribution in [0.5, 0.6) is 5.75 Å². The number of piperidine rings is 1. The van der Waals surface area contributed by atoms with Gasteiger partial charge in [-0.1, -0.05) is 0 Å². The molecule has 0 radical (unpaired) electrons. The molecule has 0 unspecified atom stereocenters. The number of aromatic nitrogens is 1. The largest absolute Gasteiger partial charge is 0.491 e. The quantitative estimate of drug-likeness (QED) is 0.815. The summed E-state index contributed by atoms with van der Waals surface area (Å²) in [4.78, 5) is 18.1. The first-order valence-corrected chi connectivity index (χ1v) is 7.65. The summed E-state index contributed by atoms with van der Waals surface area (Å²) in [7, 11) is 1.55. The van der Waals surface area contributed by atoms with Gasteiger partial charge in [0, 0.05) is 33.0 Å². The predicted octanol–water partition coefficient (Wildman–Crippen LogP) is 1.11. The number of hydrogen-bond donors (Lipinski definition) is 0. The van der Waals surface area contributed by atoms with E-state index in [0.29, 0.717) is 13.2 Å². The second kappa shape index (κ2) is 6.62.